The van der Waals surface area contributed by atoms with Crippen molar-refractivity contribution in [2.75, 3.05) is 40.0 Å². The number of carbonyl (C=O) groups is 1. The number of amides is 1. The zero-order valence-electron chi connectivity index (χ0n) is 12.1. The summed E-state index contributed by atoms with van der Waals surface area (Å²) in [6, 6.07) is 8.10. The number of benzene rings is 1. The summed E-state index contributed by atoms with van der Waals surface area (Å²) in [6.45, 7) is 5.07. The largest absolute Gasteiger partial charge is 0.497 e. The van der Waals surface area contributed by atoms with Gasteiger partial charge in [0.25, 0.3) is 0 Å². The Hall–Kier alpha value is -1.59. The monoisotopic (exact) mass is 278 g/mol. The van der Waals surface area contributed by atoms with Gasteiger partial charge in [-0.05, 0) is 24.2 Å². The fourth-order valence-corrected chi connectivity index (χ4v) is 2.33. The van der Waals surface area contributed by atoms with Gasteiger partial charge in [0.15, 0.2) is 0 Å². The van der Waals surface area contributed by atoms with E-state index in [1.165, 1.54) is 0 Å². The van der Waals surface area contributed by atoms with E-state index in [9.17, 15) is 4.79 Å². The van der Waals surface area contributed by atoms with Crippen LogP contribution in [0.2, 0.25) is 0 Å². The van der Waals surface area contributed by atoms with Crippen LogP contribution in [0.15, 0.2) is 24.3 Å². The van der Waals surface area contributed by atoms with Crippen LogP contribution in [0.4, 0.5) is 0 Å². The predicted molar refractivity (Wildman–Crippen MR) is 76.8 cm³/mol. The number of nitrogens with one attached hydrogen (secondary N) is 1. The van der Waals surface area contributed by atoms with Crippen molar-refractivity contribution in [3.8, 4) is 5.75 Å². The summed E-state index contributed by atoms with van der Waals surface area (Å²) < 4.78 is 10.3. The molecule has 1 amide bonds. The third-order valence-electron chi connectivity index (χ3n) is 3.46. The number of likely N-dealkylation sites (N-methyl/N-ethyl adjacent to an activating group) is 1. The maximum atomic E-state index is 11.8. The second-order valence-corrected chi connectivity index (χ2v) is 4.78. The molecule has 5 nitrogen and oxygen atoms in total. The van der Waals surface area contributed by atoms with E-state index in [0.29, 0.717) is 19.7 Å². The SMILES string of the molecule is CCNC(CN1CCOCC1=O)c1ccc(OC)cc1. The van der Waals surface area contributed by atoms with E-state index in [0.717, 1.165) is 17.9 Å². The zero-order valence-corrected chi connectivity index (χ0v) is 12.1. The lowest BCUT2D eigenvalue weighted by molar-refractivity contribution is -0.143. The van der Waals surface area contributed by atoms with Crippen molar-refractivity contribution in [2.24, 2.45) is 0 Å². The lowest BCUT2D eigenvalue weighted by atomic mass is 10.1. The third kappa shape index (κ3) is 3.71. The van der Waals surface area contributed by atoms with Crippen molar-refractivity contribution < 1.29 is 14.3 Å². The van der Waals surface area contributed by atoms with E-state index >= 15 is 0 Å². The molecule has 1 aromatic rings. The number of hydrogen-bond donors (Lipinski definition) is 1. The minimum atomic E-state index is 0.0627. The fraction of sp³-hybridized carbons (Fsp3) is 0.533. The Morgan fingerprint density at radius 2 is 2.15 bits per heavy atom. The Balaban J connectivity index is 2.06. The molecule has 110 valence electrons. The van der Waals surface area contributed by atoms with Crippen LogP contribution >= 0.6 is 0 Å². The molecule has 0 bridgehead atoms. The van der Waals surface area contributed by atoms with Gasteiger partial charge in [-0.25, -0.2) is 0 Å². The van der Waals surface area contributed by atoms with Gasteiger partial charge in [-0.15, -0.1) is 0 Å². The predicted octanol–water partition coefficient (Wildman–Crippen LogP) is 1.20. The number of carbonyl (C=O) groups excluding carboxylic acids is 1. The highest BCUT2D eigenvalue weighted by molar-refractivity contribution is 5.78. The highest BCUT2D eigenvalue weighted by atomic mass is 16.5. The summed E-state index contributed by atoms with van der Waals surface area (Å²) in [5.41, 5.74) is 1.16. The van der Waals surface area contributed by atoms with Crippen molar-refractivity contribution in [1.29, 1.82) is 0 Å². The third-order valence-corrected chi connectivity index (χ3v) is 3.46. The number of hydrogen-bond acceptors (Lipinski definition) is 4. The van der Waals surface area contributed by atoms with E-state index < -0.39 is 0 Å². The number of ether oxygens (including phenoxy) is 2. The van der Waals surface area contributed by atoms with Gasteiger partial charge < -0.3 is 19.7 Å². The molecule has 1 heterocycles. The van der Waals surface area contributed by atoms with Crippen LogP contribution in [0.25, 0.3) is 0 Å². The molecule has 1 fully saturated rings. The summed E-state index contributed by atoms with van der Waals surface area (Å²) in [6.07, 6.45) is 0. The summed E-state index contributed by atoms with van der Waals surface area (Å²) >= 11 is 0. The van der Waals surface area contributed by atoms with Gasteiger partial charge >= 0.3 is 0 Å². The van der Waals surface area contributed by atoms with Crippen molar-refractivity contribution in [2.45, 2.75) is 13.0 Å². The average Bonchev–Trinajstić information content (AvgIpc) is 2.49. The quantitative estimate of drug-likeness (QED) is 0.849. The molecule has 1 saturated heterocycles. The first kappa shape index (κ1) is 14.8. The number of methoxy groups -OCH3 is 1. The van der Waals surface area contributed by atoms with Gasteiger partial charge in [-0.2, -0.15) is 0 Å². The molecule has 0 saturated carbocycles. The summed E-state index contributed by atoms with van der Waals surface area (Å²) in [5, 5.41) is 3.43. The minimum absolute atomic E-state index is 0.0627. The van der Waals surface area contributed by atoms with Crippen LogP contribution in [0.1, 0.15) is 18.5 Å². The smallest absolute Gasteiger partial charge is 0.248 e. The molecule has 0 aliphatic carbocycles. The van der Waals surface area contributed by atoms with Crippen molar-refractivity contribution in [1.82, 2.24) is 10.2 Å². The average molecular weight is 278 g/mol. The van der Waals surface area contributed by atoms with Crippen LogP contribution in [0.5, 0.6) is 5.75 Å². The van der Waals surface area contributed by atoms with Crippen molar-refractivity contribution in [3.05, 3.63) is 29.8 Å². The molecule has 0 spiro atoms. The molecule has 1 N–H and O–H groups in total. The molecule has 1 aliphatic rings. The van der Waals surface area contributed by atoms with Crippen LogP contribution in [0.3, 0.4) is 0 Å². The van der Waals surface area contributed by atoms with Crippen molar-refractivity contribution >= 4 is 5.91 Å². The second-order valence-electron chi connectivity index (χ2n) is 4.78. The molecule has 1 atom stereocenters. The maximum absolute atomic E-state index is 11.8. The Kier molecular flexibility index (Phi) is 5.38. The Bertz CT molecular complexity index is 433. The van der Waals surface area contributed by atoms with E-state index in [-0.39, 0.29) is 18.6 Å². The minimum Gasteiger partial charge on any atom is -0.497 e. The first-order chi connectivity index (χ1) is 9.74. The summed E-state index contributed by atoms with van der Waals surface area (Å²) in [4.78, 5) is 13.7. The molecule has 0 aromatic heterocycles. The molecule has 2 rings (SSSR count). The van der Waals surface area contributed by atoms with Gasteiger partial charge in [-0.3, -0.25) is 4.79 Å². The van der Waals surface area contributed by atoms with Crippen LogP contribution in [0, 0.1) is 0 Å². The Morgan fingerprint density at radius 1 is 1.40 bits per heavy atom. The molecule has 20 heavy (non-hydrogen) atoms. The van der Waals surface area contributed by atoms with E-state index in [1.54, 1.807) is 7.11 Å². The van der Waals surface area contributed by atoms with Gasteiger partial charge in [-0.1, -0.05) is 19.1 Å². The van der Waals surface area contributed by atoms with Crippen molar-refractivity contribution in [3.63, 3.8) is 0 Å². The molecule has 1 unspecified atom stereocenters. The fourth-order valence-electron chi connectivity index (χ4n) is 2.33. The Labute approximate surface area is 119 Å². The first-order valence-corrected chi connectivity index (χ1v) is 6.97. The topological polar surface area (TPSA) is 50.8 Å². The Morgan fingerprint density at radius 3 is 2.75 bits per heavy atom. The zero-order chi connectivity index (χ0) is 14.4. The molecular weight excluding hydrogens is 256 g/mol. The highest BCUT2D eigenvalue weighted by Gasteiger charge is 2.22. The van der Waals surface area contributed by atoms with E-state index in [2.05, 4.69) is 12.2 Å². The van der Waals surface area contributed by atoms with Gasteiger partial charge in [0.2, 0.25) is 5.91 Å². The van der Waals surface area contributed by atoms with Gasteiger partial charge in [0, 0.05) is 19.1 Å². The lowest BCUT2D eigenvalue weighted by Gasteiger charge is -2.31. The molecule has 1 aliphatic heterocycles. The van der Waals surface area contributed by atoms with E-state index in [1.807, 2.05) is 29.2 Å². The van der Waals surface area contributed by atoms with E-state index in [4.69, 9.17) is 9.47 Å². The van der Waals surface area contributed by atoms with Crippen LogP contribution in [-0.4, -0.2) is 50.8 Å². The van der Waals surface area contributed by atoms with Gasteiger partial charge in [0.1, 0.15) is 12.4 Å². The number of morpholine rings is 1. The van der Waals surface area contributed by atoms with Crippen LogP contribution in [-0.2, 0) is 9.53 Å². The number of rotatable bonds is 6. The molecular formula is C15H22N2O3. The molecule has 0 radical (unpaired) electrons. The lowest BCUT2D eigenvalue weighted by Crippen LogP contribution is -2.45. The first-order valence-electron chi connectivity index (χ1n) is 6.97. The van der Waals surface area contributed by atoms with Crippen LogP contribution < -0.4 is 10.1 Å². The number of nitrogens with zero attached hydrogens (tertiary/aromatic N) is 1. The van der Waals surface area contributed by atoms with Gasteiger partial charge in [0.05, 0.1) is 13.7 Å². The standard InChI is InChI=1S/C15H22N2O3/c1-3-16-14(10-17-8-9-20-11-15(17)18)12-4-6-13(19-2)7-5-12/h4-7,14,16H,3,8-11H2,1-2H3. The summed E-state index contributed by atoms with van der Waals surface area (Å²) in [5.74, 6) is 0.902. The molecule has 1 aromatic carbocycles. The normalized spacial score (nSPS) is 17.1. The maximum Gasteiger partial charge on any atom is 0.248 e. The summed E-state index contributed by atoms with van der Waals surface area (Å²) in [7, 11) is 1.66. The highest BCUT2D eigenvalue weighted by Crippen LogP contribution is 2.19. The molecule has 5 heteroatoms. The second kappa shape index (κ2) is 7.26.